The Hall–Kier alpha value is -1.35. The molecule has 0 atom stereocenters. The lowest BCUT2D eigenvalue weighted by Crippen LogP contribution is -2.54. The number of amides is 1. The molecule has 2 rings (SSSR count). The van der Waals surface area contributed by atoms with Crippen molar-refractivity contribution in [1.29, 1.82) is 0 Å². The van der Waals surface area contributed by atoms with Crippen LogP contribution in [0.2, 0.25) is 0 Å². The first kappa shape index (κ1) is 13.1. The number of hydrogen-bond acceptors (Lipinski definition) is 2. The van der Waals surface area contributed by atoms with Crippen molar-refractivity contribution >= 4 is 5.91 Å². The van der Waals surface area contributed by atoms with Gasteiger partial charge in [0, 0.05) is 18.5 Å². The molecule has 3 nitrogen and oxygen atoms in total. The van der Waals surface area contributed by atoms with Crippen LogP contribution in [0.4, 0.5) is 0 Å². The summed E-state index contributed by atoms with van der Waals surface area (Å²) in [4.78, 5) is 11.7. The van der Waals surface area contributed by atoms with E-state index < -0.39 is 0 Å². The lowest BCUT2D eigenvalue weighted by atomic mass is 9.78. The molecular formula is C15H22N2O. The standard InChI is InChI=1S/C15H22N2O/c1-12-4-2-5-13(10-12)6-7-14(18)17-11-15(16)8-3-9-15/h2,4-5,10H,3,6-9,11,16H2,1H3,(H,17,18). The number of rotatable bonds is 5. The van der Waals surface area contributed by atoms with Crippen molar-refractivity contribution in [1.82, 2.24) is 5.32 Å². The maximum absolute atomic E-state index is 11.7. The number of aryl methyl sites for hydroxylation is 2. The van der Waals surface area contributed by atoms with E-state index in [4.69, 9.17) is 5.73 Å². The summed E-state index contributed by atoms with van der Waals surface area (Å²) in [7, 11) is 0. The Balaban J connectivity index is 1.71. The molecule has 0 heterocycles. The summed E-state index contributed by atoms with van der Waals surface area (Å²) < 4.78 is 0. The maximum atomic E-state index is 11.7. The lowest BCUT2D eigenvalue weighted by Gasteiger charge is -2.38. The van der Waals surface area contributed by atoms with Gasteiger partial charge in [-0.3, -0.25) is 4.79 Å². The van der Waals surface area contributed by atoms with Crippen molar-refractivity contribution < 1.29 is 4.79 Å². The van der Waals surface area contributed by atoms with E-state index in [0.29, 0.717) is 13.0 Å². The molecule has 1 aromatic carbocycles. The van der Waals surface area contributed by atoms with Crippen LogP contribution >= 0.6 is 0 Å². The Labute approximate surface area is 109 Å². The lowest BCUT2D eigenvalue weighted by molar-refractivity contribution is -0.121. The van der Waals surface area contributed by atoms with Gasteiger partial charge in [0.05, 0.1) is 0 Å². The minimum Gasteiger partial charge on any atom is -0.354 e. The van der Waals surface area contributed by atoms with Crippen LogP contribution in [0.3, 0.4) is 0 Å². The van der Waals surface area contributed by atoms with Gasteiger partial charge in [0.1, 0.15) is 0 Å². The number of hydrogen-bond donors (Lipinski definition) is 2. The van der Waals surface area contributed by atoms with Gasteiger partial charge in [-0.2, -0.15) is 0 Å². The predicted octanol–water partition coefficient (Wildman–Crippen LogP) is 1.93. The third-order valence-corrected chi connectivity index (χ3v) is 3.71. The van der Waals surface area contributed by atoms with Crippen LogP contribution in [-0.4, -0.2) is 18.0 Å². The summed E-state index contributed by atoms with van der Waals surface area (Å²) in [5.41, 5.74) is 8.40. The molecule has 0 aromatic heterocycles. The highest BCUT2D eigenvalue weighted by Gasteiger charge is 2.32. The van der Waals surface area contributed by atoms with E-state index in [2.05, 4.69) is 30.4 Å². The molecule has 0 unspecified atom stereocenters. The first-order chi connectivity index (χ1) is 8.57. The number of carbonyl (C=O) groups is 1. The van der Waals surface area contributed by atoms with E-state index in [1.807, 2.05) is 6.07 Å². The number of benzene rings is 1. The second-order valence-corrected chi connectivity index (χ2v) is 5.48. The molecular weight excluding hydrogens is 224 g/mol. The summed E-state index contributed by atoms with van der Waals surface area (Å²) in [6.45, 7) is 2.69. The minimum absolute atomic E-state index is 0.105. The SMILES string of the molecule is Cc1cccc(CCC(=O)NCC2(N)CCC2)c1. The van der Waals surface area contributed by atoms with Gasteiger partial charge in [0.2, 0.25) is 5.91 Å². The zero-order valence-electron chi connectivity index (χ0n) is 11.0. The third-order valence-electron chi connectivity index (χ3n) is 3.71. The molecule has 0 saturated heterocycles. The van der Waals surface area contributed by atoms with Crippen LogP contribution in [0.1, 0.15) is 36.8 Å². The Kier molecular flexibility index (Phi) is 4.02. The largest absolute Gasteiger partial charge is 0.354 e. The van der Waals surface area contributed by atoms with Crippen LogP contribution in [0, 0.1) is 6.92 Å². The van der Waals surface area contributed by atoms with Gasteiger partial charge < -0.3 is 11.1 Å². The van der Waals surface area contributed by atoms with Crippen LogP contribution in [0.5, 0.6) is 0 Å². The molecule has 0 spiro atoms. The molecule has 1 amide bonds. The Morgan fingerprint density at radius 3 is 2.83 bits per heavy atom. The van der Waals surface area contributed by atoms with Crippen LogP contribution in [0.15, 0.2) is 24.3 Å². The normalized spacial score (nSPS) is 17.0. The first-order valence-electron chi connectivity index (χ1n) is 6.69. The van der Waals surface area contributed by atoms with E-state index in [1.165, 1.54) is 17.5 Å². The summed E-state index contributed by atoms with van der Waals surface area (Å²) in [6, 6.07) is 8.30. The molecule has 3 N–H and O–H groups in total. The third kappa shape index (κ3) is 3.57. The van der Waals surface area contributed by atoms with Gasteiger partial charge in [0.15, 0.2) is 0 Å². The summed E-state index contributed by atoms with van der Waals surface area (Å²) >= 11 is 0. The smallest absolute Gasteiger partial charge is 0.220 e. The summed E-state index contributed by atoms with van der Waals surface area (Å²) in [6.07, 6.45) is 4.59. The first-order valence-corrected chi connectivity index (χ1v) is 6.69. The topological polar surface area (TPSA) is 55.1 Å². The fourth-order valence-electron chi connectivity index (χ4n) is 2.30. The molecule has 3 heteroatoms. The van der Waals surface area contributed by atoms with Gasteiger partial charge in [0.25, 0.3) is 0 Å². The number of carbonyl (C=O) groups excluding carboxylic acids is 1. The molecule has 1 aliphatic rings. The van der Waals surface area contributed by atoms with Gasteiger partial charge in [-0.15, -0.1) is 0 Å². The highest BCUT2D eigenvalue weighted by atomic mass is 16.1. The molecule has 0 aliphatic heterocycles. The molecule has 0 bridgehead atoms. The minimum atomic E-state index is -0.126. The van der Waals surface area contributed by atoms with E-state index in [-0.39, 0.29) is 11.4 Å². The molecule has 1 aliphatic carbocycles. The zero-order chi connectivity index (χ0) is 13.0. The number of nitrogens with two attached hydrogens (primary N) is 1. The van der Waals surface area contributed by atoms with Crippen molar-refractivity contribution in [3.8, 4) is 0 Å². The molecule has 98 valence electrons. The maximum Gasteiger partial charge on any atom is 0.220 e. The van der Waals surface area contributed by atoms with E-state index >= 15 is 0 Å². The zero-order valence-corrected chi connectivity index (χ0v) is 11.0. The second-order valence-electron chi connectivity index (χ2n) is 5.48. The van der Waals surface area contributed by atoms with E-state index in [0.717, 1.165) is 19.3 Å². The molecule has 1 saturated carbocycles. The van der Waals surface area contributed by atoms with Gasteiger partial charge in [-0.25, -0.2) is 0 Å². The van der Waals surface area contributed by atoms with Crippen LogP contribution in [0.25, 0.3) is 0 Å². The van der Waals surface area contributed by atoms with Crippen LogP contribution < -0.4 is 11.1 Å². The van der Waals surface area contributed by atoms with Crippen molar-refractivity contribution in [3.05, 3.63) is 35.4 Å². The van der Waals surface area contributed by atoms with Crippen LogP contribution in [-0.2, 0) is 11.2 Å². The van der Waals surface area contributed by atoms with E-state index in [1.54, 1.807) is 0 Å². The predicted molar refractivity (Wildman–Crippen MR) is 73.3 cm³/mol. The fraction of sp³-hybridized carbons (Fsp3) is 0.533. The summed E-state index contributed by atoms with van der Waals surface area (Å²) in [5.74, 6) is 0.105. The summed E-state index contributed by atoms with van der Waals surface area (Å²) in [5, 5.41) is 2.95. The van der Waals surface area contributed by atoms with Crippen molar-refractivity contribution in [3.63, 3.8) is 0 Å². The average molecular weight is 246 g/mol. The molecule has 0 radical (unpaired) electrons. The second kappa shape index (κ2) is 5.53. The van der Waals surface area contributed by atoms with Crippen molar-refractivity contribution in [2.24, 2.45) is 5.73 Å². The molecule has 18 heavy (non-hydrogen) atoms. The average Bonchev–Trinajstić information content (AvgIpc) is 2.31. The Bertz CT molecular complexity index is 424. The van der Waals surface area contributed by atoms with Gasteiger partial charge >= 0.3 is 0 Å². The Morgan fingerprint density at radius 2 is 2.22 bits per heavy atom. The molecule has 1 fully saturated rings. The number of nitrogens with one attached hydrogen (secondary N) is 1. The monoisotopic (exact) mass is 246 g/mol. The van der Waals surface area contributed by atoms with Crippen molar-refractivity contribution in [2.75, 3.05) is 6.54 Å². The van der Waals surface area contributed by atoms with Crippen molar-refractivity contribution in [2.45, 2.75) is 44.6 Å². The fourth-order valence-corrected chi connectivity index (χ4v) is 2.30. The van der Waals surface area contributed by atoms with Gasteiger partial charge in [-0.1, -0.05) is 29.8 Å². The highest BCUT2D eigenvalue weighted by molar-refractivity contribution is 5.76. The quantitative estimate of drug-likeness (QED) is 0.834. The Morgan fingerprint density at radius 1 is 1.44 bits per heavy atom. The molecule has 1 aromatic rings. The van der Waals surface area contributed by atoms with Gasteiger partial charge in [-0.05, 0) is 38.2 Å². The van der Waals surface area contributed by atoms with E-state index in [9.17, 15) is 4.79 Å². The highest BCUT2D eigenvalue weighted by Crippen LogP contribution is 2.27.